The van der Waals surface area contributed by atoms with Crippen LogP contribution >= 0.6 is 12.6 Å². The van der Waals surface area contributed by atoms with Crippen LogP contribution < -0.4 is 38.9 Å². The van der Waals surface area contributed by atoms with E-state index in [0.29, 0.717) is 6.42 Å². The highest BCUT2D eigenvalue weighted by Crippen LogP contribution is 2.02. The Bertz CT molecular complexity index is 715. The van der Waals surface area contributed by atoms with E-state index in [1.807, 2.05) is 0 Å². The average Bonchev–Trinajstić information content (AvgIpc) is 2.71. The predicted molar refractivity (Wildman–Crippen MR) is 119 cm³/mol. The number of guanidine groups is 1. The number of rotatable bonds is 15. The molecule has 0 aromatic rings. The molecule has 0 heterocycles. The molecule has 0 rings (SSSR count). The van der Waals surface area contributed by atoms with Gasteiger partial charge in [0.25, 0.3) is 0 Å². The van der Waals surface area contributed by atoms with Crippen molar-refractivity contribution in [2.75, 3.05) is 12.3 Å². The Labute approximate surface area is 190 Å². The fourth-order valence-corrected chi connectivity index (χ4v) is 2.52. The Kier molecular flexibility index (Phi) is 13.4. The molecular formula is C17H32N8O6S. The standard InChI is InChI=1S/C17H32N8O6S/c1-8(13(27)25-11(16(30)31)3-2-6-22-17(20)21)23-15(29)10(4-5-12(19)26)24-14(28)9(18)7-32/h8-11,32H,2-7,18H2,1H3,(H2,19,26)(H,23,29)(H,24,28)(H,25,27)(H,30,31)(H4,20,21,22). The topological polar surface area (TPSA) is 258 Å². The van der Waals surface area contributed by atoms with Crippen LogP contribution in [0.3, 0.4) is 0 Å². The quantitative estimate of drug-likeness (QED) is 0.0483. The summed E-state index contributed by atoms with van der Waals surface area (Å²) in [5.74, 6) is -4.28. The summed E-state index contributed by atoms with van der Waals surface area (Å²) < 4.78 is 0. The minimum Gasteiger partial charge on any atom is -0.480 e. The number of thiol groups is 1. The molecule has 0 bridgehead atoms. The van der Waals surface area contributed by atoms with Crippen LogP contribution in [0.2, 0.25) is 0 Å². The molecule has 182 valence electrons. The van der Waals surface area contributed by atoms with E-state index in [1.165, 1.54) is 6.92 Å². The number of hydrogen-bond donors (Lipinski definition) is 9. The number of carbonyl (C=O) groups excluding carboxylic acids is 4. The molecule has 0 aliphatic carbocycles. The highest BCUT2D eigenvalue weighted by molar-refractivity contribution is 7.80. The zero-order valence-electron chi connectivity index (χ0n) is 17.7. The Hall–Kier alpha value is -3.07. The molecule has 0 aromatic carbocycles. The molecule has 4 amide bonds. The van der Waals surface area contributed by atoms with Gasteiger partial charge in [-0.2, -0.15) is 12.6 Å². The molecule has 0 aromatic heterocycles. The van der Waals surface area contributed by atoms with Gasteiger partial charge in [0.1, 0.15) is 18.1 Å². The summed E-state index contributed by atoms with van der Waals surface area (Å²) in [7, 11) is 0. The number of hydrogen-bond acceptors (Lipinski definition) is 8. The molecule has 0 saturated heterocycles. The van der Waals surface area contributed by atoms with Gasteiger partial charge in [-0.05, 0) is 26.2 Å². The van der Waals surface area contributed by atoms with Crippen molar-refractivity contribution in [2.24, 2.45) is 27.9 Å². The van der Waals surface area contributed by atoms with Gasteiger partial charge in [-0.3, -0.25) is 24.2 Å². The fourth-order valence-electron chi connectivity index (χ4n) is 2.35. The molecule has 4 atom stereocenters. The molecule has 0 spiro atoms. The smallest absolute Gasteiger partial charge is 0.326 e. The lowest BCUT2D eigenvalue weighted by Crippen LogP contribution is -2.56. The lowest BCUT2D eigenvalue weighted by molar-refractivity contribution is -0.142. The summed E-state index contributed by atoms with van der Waals surface area (Å²) in [6.07, 6.45) is 0.0228. The van der Waals surface area contributed by atoms with Crippen molar-refractivity contribution >= 4 is 48.2 Å². The second kappa shape index (κ2) is 14.9. The van der Waals surface area contributed by atoms with Gasteiger partial charge in [0, 0.05) is 18.7 Å². The van der Waals surface area contributed by atoms with Crippen molar-refractivity contribution in [1.29, 1.82) is 0 Å². The number of amides is 4. The third kappa shape index (κ3) is 11.9. The molecule has 0 saturated carbocycles. The van der Waals surface area contributed by atoms with Crippen molar-refractivity contribution < 1.29 is 29.1 Å². The van der Waals surface area contributed by atoms with Gasteiger partial charge in [-0.15, -0.1) is 0 Å². The molecule has 32 heavy (non-hydrogen) atoms. The lowest BCUT2D eigenvalue weighted by atomic mass is 10.1. The Morgan fingerprint density at radius 2 is 1.53 bits per heavy atom. The molecule has 15 heteroatoms. The first-order chi connectivity index (χ1) is 14.9. The van der Waals surface area contributed by atoms with E-state index in [2.05, 4.69) is 33.6 Å². The zero-order chi connectivity index (χ0) is 24.8. The first-order valence-electron chi connectivity index (χ1n) is 9.73. The normalized spacial score (nSPS) is 14.2. The monoisotopic (exact) mass is 476 g/mol. The summed E-state index contributed by atoms with van der Waals surface area (Å²) in [4.78, 5) is 63.1. The Balaban J connectivity index is 5.01. The summed E-state index contributed by atoms with van der Waals surface area (Å²) in [6.45, 7) is 1.52. The number of nitrogens with zero attached hydrogens (tertiary/aromatic N) is 1. The molecule has 0 fully saturated rings. The fraction of sp³-hybridized carbons (Fsp3) is 0.647. The van der Waals surface area contributed by atoms with E-state index in [9.17, 15) is 29.1 Å². The molecule has 0 aliphatic heterocycles. The van der Waals surface area contributed by atoms with Crippen molar-refractivity contribution in [3.63, 3.8) is 0 Å². The van der Waals surface area contributed by atoms with Gasteiger partial charge in [0.05, 0.1) is 6.04 Å². The molecule has 4 unspecified atom stereocenters. The number of primary amides is 1. The predicted octanol–water partition coefficient (Wildman–Crippen LogP) is -3.88. The SMILES string of the molecule is CC(NC(=O)C(CCC(N)=O)NC(=O)C(N)CS)C(=O)NC(CCCN=C(N)N)C(=O)O. The van der Waals surface area contributed by atoms with Crippen LogP contribution in [-0.2, 0) is 24.0 Å². The number of aliphatic carboxylic acids is 1. The third-order valence-electron chi connectivity index (χ3n) is 4.16. The number of nitrogens with one attached hydrogen (secondary N) is 3. The summed E-state index contributed by atoms with van der Waals surface area (Å²) in [5, 5.41) is 16.3. The number of nitrogens with two attached hydrogens (primary N) is 4. The highest BCUT2D eigenvalue weighted by atomic mass is 32.1. The maximum absolute atomic E-state index is 12.5. The van der Waals surface area contributed by atoms with E-state index in [1.54, 1.807) is 0 Å². The third-order valence-corrected chi connectivity index (χ3v) is 4.55. The maximum atomic E-state index is 12.5. The second-order valence-electron chi connectivity index (χ2n) is 6.93. The van der Waals surface area contributed by atoms with Crippen LogP contribution in [-0.4, -0.2) is 77.1 Å². The summed E-state index contributed by atoms with van der Waals surface area (Å²) >= 11 is 3.90. The van der Waals surface area contributed by atoms with Crippen molar-refractivity contribution in [3.05, 3.63) is 0 Å². The largest absolute Gasteiger partial charge is 0.480 e. The van der Waals surface area contributed by atoms with Crippen LogP contribution in [0.4, 0.5) is 0 Å². The van der Waals surface area contributed by atoms with E-state index in [-0.39, 0.29) is 37.5 Å². The second-order valence-corrected chi connectivity index (χ2v) is 7.30. The van der Waals surface area contributed by atoms with Crippen LogP contribution in [0.15, 0.2) is 4.99 Å². The zero-order valence-corrected chi connectivity index (χ0v) is 18.6. The number of carbonyl (C=O) groups is 5. The van der Waals surface area contributed by atoms with Crippen LogP contribution in [0, 0.1) is 0 Å². The van der Waals surface area contributed by atoms with Crippen molar-refractivity contribution in [1.82, 2.24) is 16.0 Å². The Morgan fingerprint density at radius 1 is 0.938 bits per heavy atom. The van der Waals surface area contributed by atoms with E-state index in [4.69, 9.17) is 22.9 Å². The maximum Gasteiger partial charge on any atom is 0.326 e. The van der Waals surface area contributed by atoms with Gasteiger partial charge < -0.3 is 44.0 Å². The average molecular weight is 477 g/mol. The van der Waals surface area contributed by atoms with E-state index < -0.39 is 53.8 Å². The Morgan fingerprint density at radius 3 is 2.03 bits per heavy atom. The molecular weight excluding hydrogens is 444 g/mol. The first-order valence-corrected chi connectivity index (χ1v) is 10.4. The van der Waals surface area contributed by atoms with Gasteiger partial charge in [-0.25, -0.2) is 4.79 Å². The molecule has 0 aliphatic rings. The summed E-state index contributed by atoms with van der Waals surface area (Å²) in [5.41, 5.74) is 21.0. The van der Waals surface area contributed by atoms with Gasteiger partial charge in [0.15, 0.2) is 5.96 Å². The highest BCUT2D eigenvalue weighted by Gasteiger charge is 2.28. The van der Waals surface area contributed by atoms with Crippen molar-refractivity contribution in [3.8, 4) is 0 Å². The van der Waals surface area contributed by atoms with E-state index >= 15 is 0 Å². The number of carboxylic acid groups (broad SMARTS) is 1. The van der Waals surface area contributed by atoms with Crippen LogP contribution in [0.5, 0.6) is 0 Å². The molecule has 12 N–H and O–H groups in total. The lowest BCUT2D eigenvalue weighted by Gasteiger charge is -2.23. The van der Waals surface area contributed by atoms with Gasteiger partial charge in [0.2, 0.25) is 23.6 Å². The minimum absolute atomic E-state index is 0.0224. The van der Waals surface area contributed by atoms with Gasteiger partial charge in [-0.1, -0.05) is 0 Å². The van der Waals surface area contributed by atoms with Gasteiger partial charge >= 0.3 is 5.97 Å². The van der Waals surface area contributed by atoms with Crippen LogP contribution in [0.25, 0.3) is 0 Å². The number of carboxylic acids is 1. The molecule has 14 nitrogen and oxygen atoms in total. The number of aliphatic imine (C=N–C) groups is 1. The van der Waals surface area contributed by atoms with E-state index in [0.717, 1.165) is 0 Å². The summed E-state index contributed by atoms with van der Waals surface area (Å²) in [6, 6.07) is -4.55. The van der Waals surface area contributed by atoms with Crippen LogP contribution in [0.1, 0.15) is 32.6 Å². The molecule has 0 radical (unpaired) electrons. The van der Waals surface area contributed by atoms with Crippen molar-refractivity contribution in [2.45, 2.75) is 56.8 Å². The minimum atomic E-state index is -1.27. The first kappa shape index (κ1) is 28.9.